The first kappa shape index (κ1) is 19.0. The normalized spacial score (nSPS) is 27.1. The first-order valence-corrected chi connectivity index (χ1v) is 9.18. The van der Waals surface area contributed by atoms with Crippen LogP contribution in [0.25, 0.3) is 0 Å². The van der Waals surface area contributed by atoms with Crippen LogP contribution >= 0.6 is 11.6 Å². The number of amides is 2. The van der Waals surface area contributed by atoms with Crippen LogP contribution in [0.2, 0.25) is 5.02 Å². The van der Waals surface area contributed by atoms with Gasteiger partial charge in [0.05, 0.1) is 5.69 Å². The Balaban J connectivity index is 1.79. The predicted octanol–water partition coefficient (Wildman–Crippen LogP) is 2.86. The summed E-state index contributed by atoms with van der Waals surface area (Å²) < 4.78 is 5.80. The molecule has 1 unspecified atom stereocenters. The molecule has 3 N–H and O–H groups in total. The van der Waals surface area contributed by atoms with Crippen LogP contribution in [0.1, 0.15) is 47.5 Å². The molecule has 1 aromatic carbocycles. The summed E-state index contributed by atoms with van der Waals surface area (Å²) in [4.78, 5) is 25.5. The minimum atomic E-state index is -1.63. The third-order valence-corrected chi connectivity index (χ3v) is 5.13. The molecule has 0 aliphatic carbocycles. The summed E-state index contributed by atoms with van der Waals surface area (Å²) in [5, 5.41) is 9.81. The van der Waals surface area contributed by atoms with Crippen LogP contribution in [0.5, 0.6) is 5.75 Å². The first-order valence-electron chi connectivity index (χ1n) is 8.81. The van der Waals surface area contributed by atoms with Crippen molar-refractivity contribution in [3.8, 4) is 5.75 Å². The zero-order valence-corrected chi connectivity index (χ0v) is 16.6. The van der Waals surface area contributed by atoms with Gasteiger partial charge in [0.2, 0.25) is 0 Å². The Morgan fingerprint density at radius 2 is 1.81 bits per heavy atom. The van der Waals surface area contributed by atoms with Crippen molar-refractivity contribution < 1.29 is 14.3 Å². The van der Waals surface area contributed by atoms with Gasteiger partial charge in [0.1, 0.15) is 5.75 Å². The van der Waals surface area contributed by atoms with Gasteiger partial charge in [0, 0.05) is 22.1 Å². The van der Waals surface area contributed by atoms with E-state index in [0.29, 0.717) is 16.5 Å². The van der Waals surface area contributed by atoms with Gasteiger partial charge in [-0.05, 0) is 65.7 Å². The maximum absolute atomic E-state index is 13.0. The number of nitrogens with one attached hydrogen (secondary N) is 3. The van der Waals surface area contributed by atoms with Gasteiger partial charge < -0.3 is 20.7 Å². The molecule has 0 saturated carbocycles. The average Bonchev–Trinajstić information content (AvgIpc) is 2.45. The highest BCUT2D eigenvalue weighted by Gasteiger charge is 2.49. The lowest BCUT2D eigenvalue weighted by atomic mass is 9.79. The van der Waals surface area contributed by atoms with E-state index in [1.165, 1.54) is 6.92 Å². The zero-order valence-electron chi connectivity index (χ0n) is 15.8. The van der Waals surface area contributed by atoms with Gasteiger partial charge in [0.15, 0.2) is 0 Å². The topological polar surface area (TPSA) is 79.5 Å². The van der Waals surface area contributed by atoms with Crippen molar-refractivity contribution >= 4 is 29.1 Å². The van der Waals surface area contributed by atoms with Gasteiger partial charge in [-0.1, -0.05) is 11.6 Å². The molecule has 1 saturated heterocycles. The molecule has 0 aromatic heterocycles. The number of fused-ring (bicyclic) bond motifs is 1. The Kier molecular flexibility index (Phi) is 4.48. The van der Waals surface area contributed by atoms with Gasteiger partial charge in [-0.25, -0.2) is 0 Å². The summed E-state index contributed by atoms with van der Waals surface area (Å²) >= 11 is 5.95. The maximum Gasteiger partial charge on any atom is 0.278 e. The number of hydrogen-bond acceptors (Lipinski definition) is 4. The number of carbonyl (C=O) groups is 2. The summed E-state index contributed by atoms with van der Waals surface area (Å²) in [5.74, 6) is -0.510. The van der Waals surface area contributed by atoms with Crippen molar-refractivity contribution in [1.82, 2.24) is 10.6 Å². The Hall–Kier alpha value is -1.79. The quantitative estimate of drug-likeness (QED) is 0.690. The lowest BCUT2D eigenvalue weighted by molar-refractivity contribution is -0.147. The highest BCUT2D eigenvalue weighted by Crippen LogP contribution is 2.36. The fraction of sp³-hybridized carbons (Fsp3) is 0.579. The van der Waals surface area contributed by atoms with E-state index >= 15 is 0 Å². The fourth-order valence-electron chi connectivity index (χ4n) is 4.09. The molecular weight excluding hydrogens is 354 g/mol. The summed E-state index contributed by atoms with van der Waals surface area (Å²) in [6.45, 7) is 9.93. The van der Waals surface area contributed by atoms with Crippen molar-refractivity contribution in [2.75, 3.05) is 5.32 Å². The molecular formula is C19H26ClN3O3. The van der Waals surface area contributed by atoms with Crippen molar-refractivity contribution in [3.63, 3.8) is 0 Å². The molecule has 26 heavy (non-hydrogen) atoms. The number of anilines is 1. The molecule has 6 nitrogen and oxygen atoms in total. The molecule has 7 heteroatoms. The molecule has 3 rings (SSSR count). The monoisotopic (exact) mass is 379 g/mol. The number of halogens is 1. The molecule has 1 aromatic rings. The molecule has 142 valence electrons. The predicted molar refractivity (Wildman–Crippen MR) is 102 cm³/mol. The zero-order chi connectivity index (χ0) is 19.3. The maximum atomic E-state index is 13.0. The summed E-state index contributed by atoms with van der Waals surface area (Å²) in [6.07, 6.45) is 1.54. The number of rotatable bonds is 2. The highest BCUT2D eigenvalue weighted by atomic mass is 35.5. The van der Waals surface area contributed by atoms with Crippen molar-refractivity contribution in [1.29, 1.82) is 0 Å². The number of carbonyl (C=O) groups excluding carboxylic acids is 2. The minimum Gasteiger partial charge on any atom is -0.466 e. The molecule has 0 radical (unpaired) electrons. The van der Waals surface area contributed by atoms with Crippen LogP contribution in [0.15, 0.2) is 18.2 Å². The van der Waals surface area contributed by atoms with Gasteiger partial charge >= 0.3 is 0 Å². The van der Waals surface area contributed by atoms with Crippen LogP contribution in [0, 0.1) is 0 Å². The Morgan fingerprint density at radius 3 is 2.42 bits per heavy atom. The third-order valence-electron chi connectivity index (χ3n) is 4.90. The van der Waals surface area contributed by atoms with E-state index in [1.54, 1.807) is 18.2 Å². The number of piperidine rings is 1. The van der Waals surface area contributed by atoms with Crippen LogP contribution in [-0.4, -0.2) is 34.5 Å². The molecule has 0 bridgehead atoms. The minimum absolute atomic E-state index is 0.0476. The Bertz CT molecular complexity index is 746. The van der Waals surface area contributed by atoms with Crippen LogP contribution in [0.3, 0.4) is 0 Å². The van der Waals surface area contributed by atoms with Gasteiger partial charge in [-0.15, -0.1) is 0 Å². The summed E-state index contributed by atoms with van der Waals surface area (Å²) in [6, 6.07) is 4.87. The highest BCUT2D eigenvalue weighted by molar-refractivity contribution is 6.31. The van der Waals surface area contributed by atoms with Crippen LogP contribution in [0.4, 0.5) is 5.69 Å². The molecule has 2 aliphatic heterocycles. The molecule has 1 atom stereocenters. The van der Waals surface area contributed by atoms with Crippen molar-refractivity contribution in [3.05, 3.63) is 23.2 Å². The van der Waals surface area contributed by atoms with E-state index in [9.17, 15) is 9.59 Å². The van der Waals surface area contributed by atoms with Crippen molar-refractivity contribution in [2.45, 2.75) is 70.2 Å². The second kappa shape index (κ2) is 6.13. The number of hydrogen-bond donors (Lipinski definition) is 3. The van der Waals surface area contributed by atoms with E-state index in [-0.39, 0.29) is 17.1 Å². The molecule has 1 fully saturated rings. The molecule has 2 amide bonds. The third kappa shape index (κ3) is 3.67. The smallest absolute Gasteiger partial charge is 0.278 e. The number of ether oxygens (including phenoxy) is 1. The second-order valence-electron chi connectivity index (χ2n) is 8.70. The van der Waals surface area contributed by atoms with Gasteiger partial charge in [-0.3, -0.25) is 9.59 Å². The standard InChI is InChI=1S/C19H26ClN3O3/c1-17(2)9-12(10-18(3,4)23-17)21-15(24)19(5)16(25)22-13-8-11(20)6-7-14(13)26-19/h6-8,12,23H,9-10H2,1-5H3,(H,21,24)(H,22,25). The van der Waals surface area contributed by atoms with Gasteiger partial charge in [0.25, 0.3) is 17.4 Å². The fourth-order valence-corrected chi connectivity index (χ4v) is 4.27. The molecule has 0 spiro atoms. The largest absolute Gasteiger partial charge is 0.466 e. The van der Waals surface area contributed by atoms with Crippen molar-refractivity contribution in [2.24, 2.45) is 0 Å². The molecule has 2 aliphatic rings. The lowest BCUT2D eigenvalue weighted by Gasteiger charge is -2.47. The first-order chi connectivity index (χ1) is 11.9. The SMILES string of the molecule is CC1(C)CC(NC(=O)C2(C)Oc3ccc(Cl)cc3NC2=O)CC(C)(C)N1. The van der Waals surface area contributed by atoms with E-state index in [1.807, 2.05) is 0 Å². The summed E-state index contributed by atoms with van der Waals surface area (Å²) in [7, 11) is 0. The van der Waals surface area contributed by atoms with Crippen LogP contribution < -0.4 is 20.7 Å². The Morgan fingerprint density at radius 1 is 1.19 bits per heavy atom. The van der Waals surface area contributed by atoms with E-state index < -0.39 is 17.4 Å². The van der Waals surface area contributed by atoms with Gasteiger partial charge in [-0.2, -0.15) is 0 Å². The average molecular weight is 380 g/mol. The molecule has 2 heterocycles. The van der Waals surface area contributed by atoms with E-state index in [2.05, 4.69) is 43.6 Å². The lowest BCUT2D eigenvalue weighted by Crippen LogP contribution is -2.65. The number of benzene rings is 1. The van der Waals surface area contributed by atoms with E-state index in [0.717, 1.165) is 12.8 Å². The summed E-state index contributed by atoms with van der Waals surface area (Å²) in [5.41, 5.74) is -1.38. The van der Waals surface area contributed by atoms with Crippen LogP contribution in [-0.2, 0) is 9.59 Å². The Labute approximate surface area is 159 Å². The van der Waals surface area contributed by atoms with E-state index in [4.69, 9.17) is 16.3 Å². The second-order valence-corrected chi connectivity index (χ2v) is 9.14.